The Hall–Kier alpha value is -2.47. The largest absolute Gasteiger partial charge is 0.352 e. The van der Waals surface area contributed by atoms with Crippen LogP contribution in [0.25, 0.3) is 0 Å². The molecule has 114 valence electrons. The number of benzene rings is 1. The molecule has 0 atom stereocenters. The Balaban J connectivity index is 1.93. The Labute approximate surface area is 132 Å². The maximum atomic E-state index is 12.0. The van der Waals surface area contributed by atoms with Crippen LogP contribution in [0.15, 0.2) is 36.5 Å². The minimum absolute atomic E-state index is 0.0552. The third-order valence-electron chi connectivity index (χ3n) is 3.08. The molecule has 0 saturated heterocycles. The number of pyridine rings is 1. The quantitative estimate of drug-likeness (QED) is 0.678. The van der Waals surface area contributed by atoms with Gasteiger partial charge in [0.25, 0.3) is 11.6 Å². The molecule has 0 saturated carbocycles. The fourth-order valence-corrected chi connectivity index (χ4v) is 2.11. The average Bonchev–Trinajstić information content (AvgIpc) is 2.48. The van der Waals surface area contributed by atoms with Crippen molar-refractivity contribution in [2.24, 2.45) is 0 Å². The lowest BCUT2D eigenvalue weighted by Gasteiger charge is -2.06. The zero-order chi connectivity index (χ0) is 16.1. The molecule has 1 amide bonds. The van der Waals surface area contributed by atoms with E-state index in [1.165, 1.54) is 18.2 Å². The number of rotatable bonds is 5. The van der Waals surface area contributed by atoms with Crippen molar-refractivity contribution in [1.29, 1.82) is 0 Å². The van der Waals surface area contributed by atoms with E-state index in [9.17, 15) is 14.9 Å². The fraction of sp³-hybridized carbons (Fsp3) is 0.200. The van der Waals surface area contributed by atoms with Gasteiger partial charge >= 0.3 is 0 Å². The van der Waals surface area contributed by atoms with E-state index < -0.39 is 4.92 Å². The summed E-state index contributed by atoms with van der Waals surface area (Å²) in [6.07, 6.45) is 2.42. The highest BCUT2D eigenvalue weighted by molar-refractivity contribution is 6.33. The molecular formula is C15H14ClN3O3. The summed E-state index contributed by atoms with van der Waals surface area (Å²) in [6.45, 7) is 2.35. The molecule has 0 aliphatic heterocycles. The number of aryl methyl sites for hydroxylation is 1. The molecule has 7 heteroatoms. The number of nitrogens with zero attached hydrogens (tertiary/aromatic N) is 2. The highest BCUT2D eigenvalue weighted by atomic mass is 35.5. The molecular weight excluding hydrogens is 306 g/mol. The van der Waals surface area contributed by atoms with Gasteiger partial charge in [0, 0.05) is 30.1 Å². The molecule has 0 fully saturated rings. The van der Waals surface area contributed by atoms with Gasteiger partial charge in [0.1, 0.15) is 5.02 Å². The second kappa shape index (κ2) is 7.00. The summed E-state index contributed by atoms with van der Waals surface area (Å²) in [7, 11) is 0. The first-order valence-electron chi connectivity index (χ1n) is 6.61. The molecule has 1 aromatic heterocycles. The highest BCUT2D eigenvalue weighted by Gasteiger charge is 2.14. The summed E-state index contributed by atoms with van der Waals surface area (Å²) in [4.78, 5) is 26.2. The van der Waals surface area contributed by atoms with Crippen molar-refractivity contribution < 1.29 is 9.72 Å². The van der Waals surface area contributed by atoms with Crippen molar-refractivity contribution in [2.45, 2.75) is 13.3 Å². The molecule has 0 aliphatic rings. The first kappa shape index (κ1) is 15.9. The maximum Gasteiger partial charge on any atom is 0.287 e. The second-order valence-electron chi connectivity index (χ2n) is 4.74. The van der Waals surface area contributed by atoms with E-state index in [1.54, 1.807) is 6.20 Å². The third-order valence-corrected chi connectivity index (χ3v) is 3.38. The first-order chi connectivity index (χ1) is 10.5. The lowest BCUT2D eigenvalue weighted by atomic mass is 10.1. The van der Waals surface area contributed by atoms with Gasteiger partial charge in [-0.3, -0.25) is 19.9 Å². The van der Waals surface area contributed by atoms with Crippen LogP contribution < -0.4 is 5.32 Å². The summed E-state index contributed by atoms with van der Waals surface area (Å²) in [5.74, 6) is -0.322. The standard InChI is InChI=1S/C15H14ClN3O3/c1-10-2-3-11(9-18-10)6-7-17-15(20)12-4-5-14(19(21)22)13(16)8-12/h2-5,8-9H,6-7H2,1H3,(H,17,20). The van der Waals surface area contributed by atoms with Crippen LogP contribution in [0.1, 0.15) is 21.6 Å². The molecule has 0 radical (unpaired) electrons. The van der Waals surface area contributed by atoms with Crippen molar-refractivity contribution in [3.63, 3.8) is 0 Å². The average molecular weight is 320 g/mol. The Morgan fingerprint density at radius 2 is 2.14 bits per heavy atom. The van der Waals surface area contributed by atoms with E-state index in [-0.39, 0.29) is 22.2 Å². The van der Waals surface area contributed by atoms with E-state index >= 15 is 0 Å². The van der Waals surface area contributed by atoms with Crippen LogP contribution in [0, 0.1) is 17.0 Å². The second-order valence-corrected chi connectivity index (χ2v) is 5.14. The maximum absolute atomic E-state index is 12.0. The van der Waals surface area contributed by atoms with Crippen molar-refractivity contribution >= 4 is 23.2 Å². The Kier molecular flexibility index (Phi) is 5.06. The number of hydrogen-bond acceptors (Lipinski definition) is 4. The van der Waals surface area contributed by atoms with Gasteiger partial charge < -0.3 is 5.32 Å². The van der Waals surface area contributed by atoms with Crippen molar-refractivity contribution in [2.75, 3.05) is 6.54 Å². The Morgan fingerprint density at radius 1 is 1.36 bits per heavy atom. The number of nitro benzene ring substituents is 1. The Bertz CT molecular complexity index is 702. The minimum atomic E-state index is -0.589. The molecule has 2 aromatic rings. The molecule has 0 bridgehead atoms. The van der Waals surface area contributed by atoms with Crippen molar-refractivity contribution in [1.82, 2.24) is 10.3 Å². The number of carbonyl (C=O) groups excluding carboxylic acids is 1. The fourth-order valence-electron chi connectivity index (χ4n) is 1.86. The van der Waals surface area contributed by atoms with E-state index in [1.807, 2.05) is 19.1 Å². The van der Waals surface area contributed by atoms with Crippen LogP contribution in [0.2, 0.25) is 5.02 Å². The number of hydrogen-bond donors (Lipinski definition) is 1. The third kappa shape index (κ3) is 4.02. The smallest absolute Gasteiger partial charge is 0.287 e. The topological polar surface area (TPSA) is 85.1 Å². The summed E-state index contributed by atoms with van der Waals surface area (Å²) >= 11 is 5.78. The van der Waals surface area contributed by atoms with Gasteiger partial charge in [-0.15, -0.1) is 0 Å². The van der Waals surface area contributed by atoms with Crippen LogP contribution in [0.5, 0.6) is 0 Å². The molecule has 0 unspecified atom stereocenters. The normalized spacial score (nSPS) is 10.3. The number of aromatic nitrogens is 1. The van der Waals surface area contributed by atoms with E-state index in [2.05, 4.69) is 10.3 Å². The Morgan fingerprint density at radius 3 is 2.73 bits per heavy atom. The van der Waals surface area contributed by atoms with Crippen LogP contribution in [-0.4, -0.2) is 22.4 Å². The highest BCUT2D eigenvalue weighted by Crippen LogP contribution is 2.24. The monoisotopic (exact) mass is 319 g/mol. The molecule has 0 spiro atoms. The van der Waals surface area contributed by atoms with Gasteiger partial charge in [-0.2, -0.15) is 0 Å². The van der Waals surface area contributed by atoms with Crippen molar-refractivity contribution in [3.8, 4) is 0 Å². The number of halogens is 1. The van der Waals surface area contributed by atoms with Gasteiger partial charge in [0.05, 0.1) is 4.92 Å². The predicted molar refractivity (Wildman–Crippen MR) is 83.1 cm³/mol. The molecule has 2 rings (SSSR count). The molecule has 22 heavy (non-hydrogen) atoms. The van der Waals surface area contributed by atoms with Crippen LogP contribution in [0.4, 0.5) is 5.69 Å². The number of carbonyl (C=O) groups is 1. The van der Waals surface area contributed by atoms with Gasteiger partial charge in [-0.05, 0) is 37.1 Å². The van der Waals surface area contributed by atoms with E-state index in [0.29, 0.717) is 13.0 Å². The summed E-state index contributed by atoms with van der Waals surface area (Å²) in [5, 5.41) is 13.4. The summed E-state index contributed by atoms with van der Waals surface area (Å²) in [6, 6.07) is 7.76. The SMILES string of the molecule is Cc1ccc(CCNC(=O)c2ccc([N+](=O)[O-])c(Cl)c2)cn1. The van der Waals surface area contributed by atoms with Crippen LogP contribution >= 0.6 is 11.6 Å². The van der Waals surface area contributed by atoms with Crippen LogP contribution in [-0.2, 0) is 6.42 Å². The number of amides is 1. The van der Waals surface area contributed by atoms with Gasteiger partial charge in [0.15, 0.2) is 0 Å². The lowest BCUT2D eigenvalue weighted by Crippen LogP contribution is -2.25. The summed E-state index contributed by atoms with van der Waals surface area (Å²) < 4.78 is 0. The molecule has 1 N–H and O–H groups in total. The molecule has 6 nitrogen and oxygen atoms in total. The molecule has 1 aromatic carbocycles. The van der Waals surface area contributed by atoms with E-state index in [4.69, 9.17) is 11.6 Å². The van der Waals surface area contributed by atoms with E-state index in [0.717, 1.165) is 11.3 Å². The van der Waals surface area contributed by atoms with Gasteiger partial charge in [0.2, 0.25) is 0 Å². The zero-order valence-corrected chi connectivity index (χ0v) is 12.6. The van der Waals surface area contributed by atoms with Crippen LogP contribution in [0.3, 0.4) is 0 Å². The molecule has 0 aliphatic carbocycles. The minimum Gasteiger partial charge on any atom is -0.352 e. The number of nitro groups is 1. The zero-order valence-electron chi connectivity index (χ0n) is 11.9. The summed E-state index contributed by atoms with van der Waals surface area (Å²) in [5.41, 5.74) is 2.03. The lowest BCUT2D eigenvalue weighted by molar-refractivity contribution is -0.384. The number of nitrogens with one attached hydrogen (secondary N) is 1. The molecule has 1 heterocycles. The van der Waals surface area contributed by atoms with Crippen molar-refractivity contribution in [3.05, 3.63) is 68.5 Å². The van der Waals surface area contributed by atoms with Gasteiger partial charge in [-0.25, -0.2) is 0 Å². The predicted octanol–water partition coefficient (Wildman–Crippen LogP) is 2.92. The first-order valence-corrected chi connectivity index (χ1v) is 6.99. The van der Waals surface area contributed by atoms with Gasteiger partial charge in [-0.1, -0.05) is 17.7 Å².